The highest BCUT2D eigenvalue weighted by Gasteiger charge is 2.41. The van der Waals surface area contributed by atoms with E-state index in [9.17, 15) is 17.6 Å². The van der Waals surface area contributed by atoms with Crippen LogP contribution in [0.25, 0.3) is 0 Å². The predicted molar refractivity (Wildman–Crippen MR) is 67.3 cm³/mol. The molecule has 0 saturated heterocycles. The molecule has 1 N–H and O–H groups in total. The molecular formula is C13H18F4N2O. The number of ether oxygens (including phenoxy) is 1. The molecule has 1 heterocycles. The molecule has 0 unspecified atom stereocenters. The lowest BCUT2D eigenvalue weighted by atomic mass is 10.1. The maximum atomic E-state index is 12.8. The molecule has 0 saturated carbocycles. The zero-order valence-electron chi connectivity index (χ0n) is 11.6. The van der Waals surface area contributed by atoms with E-state index in [0.717, 1.165) is 0 Å². The lowest BCUT2D eigenvalue weighted by molar-refractivity contribution is -0.148. The number of nitrogens with zero attached hydrogens (tertiary/aromatic N) is 1. The summed E-state index contributed by atoms with van der Waals surface area (Å²) in [6, 6.07) is 1.59. The monoisotopic (exact) mass is 294 g/mol. The van der Waals surface area contributed by atoms with Gasteiger partial charge in [-0.3, -0.25) is 4.98 Å². The third-order valence-corrected chi connectivity index (χ3v) is 2.42. The smallest absolute Gasteiger partial charge is 0.340 e. The first-order chi connectivity index (χ1) is 9.12. The highest BCUT2D eigenvalue weighted by atomic mass is 19.3. The van der Waals surface area contributed by atoms with Crippen LogP contribution in [-0.4, -0.2) is 29.5 Å². The third-order valence-electron chi connectivity index (χ3n) is 2.42. The summed E-state index contributed by atoms with van der Waals surface area (Å²) >= 11 is 0. The first-order valence-electron chi connectivity index (χ1n) is 6.08. The zero-order chi connectivity index (χ0) is 15.4. The maximum Gasteiger partial charge on any atom is 0.340 e. The minimum absolute atomic E-state index is 0.0737. The highest BCUT2D eigenvalue weighted by Crippen LogP contribution is 2.25. The average Bonchev–Trinajstić information content (AvgIpc) is 2.33. The molecule has 0 radical (unpaired) electrons. The van der Waals surface area contributed by atoms with Crippen molar-refractivity contribution in [2.45, 2.75) is 45.2 Å². The lowest BCUT2D eigenvalue weighted by Crippen LogP contribution is -2.36. The highest BCUT2D eigenvalue weighted by molar-refractivity contribution is 5.29. The van der Waals surface area contributed by atoms with Crippen LogP contribution >= 0.6 is 0 Å². The molecule has 20 heavy (non-hydrogen) atoms. The van der Waals surface area contributed by atoms with Gasteiger partial charge in [0.05, 0.1) is 6.20 Å². The van der Waals surface area contributed by atoms with Gasteiger partial charge in [-0.15, -0.1) is 0 Å². The van der Waals surface area contributed by atoms with Crippen LogP contribution in [0.15, 0.2) is 18.5 Å². The maximum absolute atomic E-state index is 12.8. The van der Waals surface area contributed by atoms with Gasteiger partial charge in [0.2, 0.25) is 0 Å². The summed E-state index contributed by atoms with van der Waals surface area (Å²) in [6.45, 7) is 4.82. The van der Waals surface area contributed by atoms with Gasteiger partial charge in [0, 0.05) is 23.8 Å². The van der Waals surface area contributed by atoms with Crippen LogP contribution in [0.1, 0.15) is 26.3 Å². The van der Waals surface area contributed by atoms with Gasteiger partial charge in [-0.25, -0.2) is 8.78 Å². The van der Waals surface area contributed by atoms with Gasteiger partial charge in [-0.1, -0.05) is 0 Å². The van der Waals surface area contributed by atoms with Gasteiger partial charge in [-0.05, 0) is 26.8 Å². The Bertz CT molecular complexity index is 433. The Morgan fingerprint density at radius 1 is 1.30 bits per heavy atom. The second-order valence-corrected chi connectivity index (χ2v) is 5.44. The Kier molecular flexibility index (Phi) is 5.33. The Balaban J connectivity index is 2.71. The van der Waals surface area contributed by atoms with E-state index in [4.69, 9.17) is 4.74 Å². The molecule has 0 aromatic carbocycles. The third kappa shape index (κ3) is 5.32. The predicted octanol–water partition coefficient (Wildman–Crippen LogP) is 3.25. The number of hydrogen-bond donors (Lipinski definition) is 1. The number of halogens is 4. The Hall–Kier alpha value is -1.37. The first kappa shape index (κ1) is 16.7. The molecule has 0 atom stereocenters. The van der Waals surface area contributed by atoms with Gasteiger partial charge < -0.3 is 10.1 Å². The standard InChI is InChI=1S/C13H18F4N2O/c1-12(2,3)19-6-9-4-5-18-7-10(9)20-8-13(16,17)11(14)15/h4-5,7,11,19H,6,8H2,1-3H3. The van der Waals surface area contributed by atoms with E-state index in [1.54, 1.807) is 6.07 Å². The van der Waals surface area contributed by atoms with E-state index in [-0.39, 0.29) is 11.3 Å². The van der Waals surface area contributed by atoms with Crippen LogP contribution in [0, 0.1) is 0 Å². The van der Waals surface area contributed by atoms with Crippen LogP contribution in [-0.2, 0) is 6.54 Å². The molecule has 0 spiro atoms. The van der Waals surface area contributed by atoms with E-state index in [1.165, 1.54) is 12.4 Å². The molecule has 0 amide bonds. The van der Waals surface area contributed by atoms with Gasteiger partial charge in [-0.2, -0.15) is 8.78 Å². The molecule has 0 aliphatic rings. The van der Waals surface area contributed by atoms with Crippen molar-refractivity contribution in [2.24, 2.45) is 0 Å². The van der Waals surface area contributed by atoms with Crippen molar-refractivity contribution in [1.82, 2.24) is 10.3 Å². The molecule has 0 fully saturated rings. The van der Waals surface area contributed by atoms with E-state index in [2.05, 4.69) is 10.3 Å². The van der Waals surface area contributed by atoms with Gasteiger partial charge >= 0.3 is 12.3 Å². The summed E-state index contributed by atoms with van der Waals surface area (Å²) in [4.78, 5) is 3.75. The van der Waals surface area contributed by atoms with Crippen LogP contribution in [0.5, 0.6) is 5.75 Å². The summed E-state index contributed by atoms with van der Waals surface area (Å²) in [5.41, 5.74) is 0.410. The van der Waals surface area contributed by atoms with Crippen molar-refractivity contribution >= 4 is 0 Å². The second-order valence-electron chi connectivity index (χ2n) is 5.44. The molecule has 0 bridgehead atoms. The fraction of sp³-hybridized carbons (Fsp3) is 0.615. The van der Waals surface area contributed by atoms with Crippen LogP contribution in [0.3, 0.4) is 0 Å². The van der Waals surface area contributed by atoms with Crippen LogP contribution in [0.2, 0.25) is 0 Å². The van der Waals surface area contributed by atoms with Gasteiger partial charge in [0.15, 0.2) is 6.61 Å². The number of rotatable bonds is 6. The Morgan fingerprint density at radius 3 is 2.50 bits per heavy atom. The summed E-state index contributed by atoms with van der Waals surface area (Å²) in [6.07, 6.45) is -1.03. The van der Waals surface area contributed by atoms with Crippen molar-refractivity contribution in [3.05, 3.63) is 24.0 Å². The van der Waals surface area contributed by atoms with Crippen molar-refractivity contribution in [1.29, 1.82) is 0 Å². The van der Waals surface area contributed by atoms with E-state index < -0.39 is 19.0 Å². The molecule has 7 heteroatoms. The van der Waals surface area contributed by atoms with Crippen LogP contribution < -0.4 is 10.1 Å². The van der Waals surface area contributed by atoms with Gasteiger partial charge in [0.1, 0.15) is 5.75 Å². The summed E-state index contributed by atoms with van der Waals surface area (Å²) < 4.78 is 54.6. The number of nitrogens with one attached hydrogen (secondary N) is 1. The topological polar surface area (TPSA) is 34.2 Å². The number of hydrogen-bond acceptors (Lipinski definition) is 3. The SMILES string of the molecule is CC(C)(C)NCc1ccncc1OCC(F)(F)C(F)F. The molecule has 0 aliphatic heterocycles. The minimum atomic E-state index is -4.18. The minimum Gasteiger partial charge on any atom is -0.485 e. The normalized spacial score (nSPS) is 12.8. The second kappa shape index (κ2) is 6.39. The van der Waals surface area contributed by atoms with Gasteiger partial charge in [0.25, 0.3) is 0 Å². The fourth-order valence-electron chi connectivity index (χ4n) is 1.28. The molecule has 1 aromatic rings. The van der Waals surface area contributed by atoms with E-state index in [1.807, 2.05) is 20.8 Å². The Labute approximate surface area is 115 Å². The molecule has 0 aliphatic carbocycles. The van der Waals surface area contributed by atoms with Crippen molar-refractivity contribution in [2.75, 3.05) is 6.61 Å². The summed E-state index contributed by atoms with van der Waals surface area (Å²) in [7, 11) is 0. The molecule has 1 rings (SSSR count). The van der Waals surface area contributed by atoms with Crippen LogP contribution in [0.4, 0.5) is 17.6 Å². The molecular weight excluding hydrogens is 276 g/mol. The number of pyridine rings is 1. The fourth-order valence-corrected chi connectivity index (χ4v) is 1.28. The zero-order valence-corrected chi connectivity index (χ0v) is 11.6. The molecule has 3 nitrogen and oxygen atoms in total. The number of aromatic nitrogens is 1. The lowest BCUT2D eigenvalue weighted by Gasteiger charge is -2.22. The molecule has 1 aromatic heterocycles. The quantitative estimate of drug-likeness (QED) is 0.818. The summed E-state index contributed by atoms with van der Waals surface area (Å²) in [5.74, 6) is -4.10. The van der Waals surface area contributed by atoms with Crippen molar-refractivity contribution in [3.63, 3.8) is 0 Å². The number of alkyl halides is 4. The van der Waals surface area contributed by atoms with Crippen molar-refractivity contribution in [3.8, 4) is 5.75 Å². The largest absolute Gasteiger partial charge is 0.485 e. The average molecular weight is 294 g/mol. The first-order valence-corrected chi connectivity index (χ1v) is 6.08. The Morgan fingerprint density at radius 2 is 1.95 bits per heavy atom. The molecule has 114 valence electrons. The van der Waals surface area contributed by atoms with E-state index in [0.29, 0.717) is 12.1 Å². The summed E-state index contributed by atoms with van der Waals surface area (Å²) in [5, 5.41) is 3.16. The van der Waals surface area contributed by atoms with Crippen molar-refractivity contribution < 1.29 is 22.3 Å². The van der Waals surface area contributed by atoms with E-state index >= 15 is 0 Å².